The first-order chi connectivity index (χ1) is 12.5. The van der Waals surface area contributed by atoms with Gasteiger partial charge in [0, 0.05) is 12.6 Å². The highest BCUT2D eigenvalue weighted by Crippen LogP contribution is 2.28. The van der Waals surface area contributed by atoms with Gasteiger partial charge in [0.2, 0.25) is 0 Å². The largest absolute Gasteiger partial charge is 0.481 e. The van der Waals surface area contributed by atoms with Crippen LogP contribution < -0.4 is 10.1 Å². The van der Waals surface area contributed by atoms with Gasteiger partial charge in [0.1, 0.15) is 0 Å². The Morgan fingerprint density at radius 2 is 1.73 bits per heavy atom. The van der Waals surface area contributed by atoms with Crippen molar-refractivity contribution in [1.82, 2.24) is 5.32 Å². The first kappa shape index (κ1) is 18.3. The fourth-order valence-corrected chi connectivity index (χ4v) is 3.19. The normalized spacial score (nSPS) is 19.9. The van der Waals surface area contributed by atoms with E-state index in [1.165, 1.54) is 30.3 Å². The van der Waals surface area contributed by atoms with Gasteiger partial charge in [-0.15, -0.1) is 0 Å². The molecule has 0 amide bonds. The molecule has 4 nitrogen and oxygen atoms in total. The molecule has 138 valence electrons. The minimum Gasteiger partial charge on any atom is -0.481 e. The Kier molecular flexibility index (Phi) is 5.83. The summed E-state index contributed by atoms with van der Waals surface area (Å²) in [5, 5.41) is 12.4. The number of benzene rings is 2. The fourth-order valence-electron chi connectivity index (χ4n) is 3.19. The lowest BCUT2D eigenvalue weighted by atomic mass is 9.86. The standard InChI is InChI=1S/C20H21F2NO3/c21-16-3-1-2-4-18(16)26-19-10-5-13(11-17(19)22)12-23-15-8-6-14(7-9-15)20(24)25/h1-5,10-11,14-15,23H,6-9,12H2,(H,24,25). The predicted octanol–water partition coefficient (Wildman–Crippen LogP) is 4.49. The number of carboxylic acids is 1. The Bertz CT molecular complexity index is 773. The van der Waals surface area contributed by atoms with Crippen LogP contribution in [-0.4, -0.2) is 17.1 Å². The van der Waals surface area contributed by atoms with Crippen LogP contribution >= 0.6 is 0 Å². The zero-order valence-corrected chi connectivity index (χ0v) is 14.3. The molecule has 2 N–H and O–H groups in total. The van der Waals surface area contributed by atoms with Crippen LogP contribution in [0.2, 0.25) is 0 Å². The summed E-state index contributed by atoms with van der Waals surface area (Å²) in [6.07, 6.45) is 2.93. The summed E-state index contributed by atoms with van der Waals surface area (Å²) in [6.45, 7) is 0.485. The van der Waals surface area contributed by atoms with Crippen LogP contribution in [0.1, 0.15) is 31.2 Å². The van der Waals surface area contributed by atoms with Gasteiger partial charge in [-0.2, -0.15) is 0 Å². The SMILES string of the molecule is O=C(O)C1CCC(NCc2ccc(Oc3ccccc3F)c(F)c2)CC1. The minimum absolute atomic E-state index is 0.0209. The summed E-state index contributed by atoms with van der Waals surface area (Å²) >= 11 is 0. The van der Waals surface area contributed by atoms with Crippen molar-refractivity contribution in [3.8, 4) is 11.5 Å². The van der Waals surface area contributed by atoms with Crippen molar-refractivity contribution < 1.29 is 23.4 Å². The second-order valence-corrected chi connectivity index (χ2v) is 6.56. The lowest BCUT2D eigenvalue weighted by molar-refractivity contribution is -0.142. The van der Waals surface area contributed by atoms with Crippen LogP contribution in [0, 0.1) is 17.6 Å². The van der Waals surface area contributed by atoms with Crippen molar-refractivity contribution in [2.24, 2.45) is 5.92 Å². The zero-order chi connectivity index (χ0) is 18.5. The average molecular weight is 361 g/mol. The summed E-state index contributed by atoms with van der Waals surface area (Å²) in [6, 6.07) is 10.7. The molecule has 1 saturated carbocycles. The molecule has 0 saturated heterocycles. The van der Waals surface area contributed by atoms with Crippen molar-refractivity contribution in [2.45, 2.75) is 38.3 Å². The monoisotopic (exact) mass is 361 g/mol. The van der Waals surface area contributed by atoms with E-state index in [-0.39, 0.29) is 23.5 Å². The predicted molar refractivity (Wildman–Crippen MR) is 93.1 cm³/mol. The number of ether oxygens (including phenoxy) is 1. The maximum atomic E-state index is 14.2. The van der Waals surface area contributed by atoms with E-state index in [9.17, 15) is 13.6 Å². The Labute approximate surface area is 150 Å². The second-order valence-electron chi connectivity index (χ2n) is 6.56. The number of halogens is 2. The summed E-state index contributed by atoms with van der Waals surface area (Å²) in [7, 11) is 0. The smallest absolute Gasteiger partial charge is 0.306 e. The molecule has 1 aliphatic carbocycles. The molecule has 0 heterocycles. The molecule has 0 atom stereocenters. The van der Waals surface area contributed by atoms with Crippen LogP contribution in [0.15, 0.2) is 42.5 Å². The lowest BCUT2D eigenvalue weighted by Gasteiger charge is -2.27. The molecule has 1 fully saturated rings. The van der Waals surface area contributed by atoms with E-state index in [0.29, 0.717) is 19.4 Å². The van der Waals surface area contributed by atoms with Gasteiger partial charge in [-0.1, -0.05) is 18.2 Å². The fraction of sp³-hybridized carbons (Fsp3) is 0.350. The third-order valence-electron chi connectivity index (χ3n) is 4.72. The quantitative estimate of drug-likeness (QED) is 0.796. The van der Waals surface area contributed by atoms with Crippen molar-refractivity contribution in [1.29, 1.82) is 0 Å². The minimum atomic E-state index is -0.726. The maximum Gasteiger partial charge on any atom is 0.306 e. The number of aliphatic carboxylic acids is 1. The number of nitrogens with one attached hydrogen (secondary N) is 1. The molecule has 0 bridgehead atoms. The van der Waals surface area contributed by atoms with Crippen molar-refractivity contribution in [3.63, 3.8) is 0 Å². The van der Waals surface area contributed by atoms with Crippen LogP contribution in [0.3, 0.4) is 0 Å². The van der Waals surface area contributed by atoms with Crippen LogP contribution in [-0.2, 0) is 11.3 Å². The first-order valence-electron chi connectivity index (χ1n) is 8.70. The number of rotatable bonds is 6. The van der Waals surface area contributed by atoms with Gasteiger partial charge >= 0.3 is 5.97 Å². The van der Waals surface area contributed by atoms with E-state index >= 15 is 0 Å². The number of para-hydroxylation sites is 1. The van der Waals surface area contributed by atoms with E-state index < -0.39 is 17.6 Å². The number of carboxylic acid groups (broad SMARTS) is 1. The summed E-state index contributed by atoms with van der Waals surface area (Å²) in [4.78, 5) is 11.0. The lowest BCUT2D eigenvalue weighted by Crippen LogP contribution is -2.34. The second kappa shape index (κ2) is 8.27. The van der Waals surface area contributed by atoms with Gasteiger partial charge in [0.15, 0.2) is 23.1 Å². The molecule has 6 heteroatoms. The Balaban J connectivity index is 1.55. The van der Waals surface area contributed by atoms with Gasteiger partial charge in [0.25, 0.3) is 0 Å². The number of hydrogen-bond donors (Lipinski definition) is 2. The van der Waals surface area contributed by atoms with Gasteiger partial charge < -0.3 is 15.2 Å². The Hall–Kier alpha value is -2.47. The molecule has 3 rings (SSSR count). The highest BCUT2D eigenvalue weighted by atomic mass is 19.1. The molecule has 0 aliphatic heterocycles. The molecule has 26 heavy (non-hydrogen) atoms. The Morgan fingerprint density at radius 3 is 2.38 bits per heavy atom. The topological polar surface area (TPSA) is 58.6 Å². The third kappa shape index (κ3) is 4.58. The molecule has 0 spiro atoms. The number of carbonyl (C=O) groups is 1. The van der Waals surface area contributed by atoms with Gasteiger partial charge in [-0.3, -0.25) is 4.79 Å². The van der Waals surface area contributed by atoms with Gasteiger partial charge in [-0.05, 0) is 55.5 Å². The number of hydrogen-bond acceptors (Lipinski definition) is 3. The molecule has 0 aromatic heterocycles. The van der Waals surface area contributed by atoms with Gasteiger partial charge in [-0.25, -0.2) is 8.78 Å². The third-order valence-corrected chi connectivity index (χ3v) is 4.72. The molecular weight excluding hydrogens is 340 g/mol. The molecular formula is C20H21F2NO3. The van der Waals surface area contributed by atoms with E-state index in [2.05, 4.69) is 5.32 Å². The highest BCUT2D eigenvalue weighted by molar-refractivity contribution is 5.70. The molecule has 1 aliphatic rings. The molecule has 0 unspecified atom stereocenters. The summed E-state index contributed by atoms with van der Waals surface area (Å²) in [5.41, 5.74) is 0.753. The zero-order valence-electron chi connectivity index (χ0n) is 14.3. The van der Waals surface area contributed by atoms with Crippen LogP contribution in [0.25, 0.3) is 0 Å². The van der Waals surface area contributed by atoms with Crippen molar-refractivity contribution in [3.05, 3.63) is 59.7 Å². The van der Waals surface area contributed by atoms with E-state index in [0.717, 1.165) is 18.4 Å². The maximum absolute atomic E-state index is 14.2. The van der Waals surface area contributed by atoms with E-state index in [1.807, 2.05) is 0 Å². The van der Waals surface area contributed by atoms with E-state index in [4.69, 9.17) is 9.84 Å². The molecule has 2 aromatic rings. The first-order valence-corrected chi connectivity index (χ1v) is 8.70. The van der Waals surface area contributed by atoms with Crippen LogP contribution in [0.5, 0.6) is 11.5 Å². The van der Waals surface area contributed by atoms with E-state index in [1.54, 1.807) is 12.1 Å². The highest BCUT2D eigenvalue weighted by Gasteiger charge is 2.25. The van der Waals surface area contributed by atoms with Crippen molar-refractivity contribution in [2.75, 3.05) is 0 Å². The summed E-state index contributed by atoms with van der Waals surface area (Å²) in [5.74, 6) is -2.12. The summed E-state index contributed by atoms with van der Waals surface area (Å²) < 4.78 is 33.1. The Morgan fingerprint density at radius 1 is 1.04 bits per heavy atom. The van der Waals surface area contributed by atoms with Crippen molar-refractivity contribution >= 4 is 5.97 Å². The van der Waals surface area contributed by atoms with Crippen LogP contribution in [0.4, 0.5) is 8.78 Å². The van der Waals surface area contributed by atoms with Gasteiger partial charge in [0.05, 0.1) is 5.92 Å². The molecule has 0 radical (unpaired) electrons. The average Bonchev–Trinajstić information content (AvgIpc) is 2.64. The molecule has 2 aromatic carbocycles.